The Morgan fingerprint density at radius 1 is 1.06 bits per heavy atom. The first-order valence-electron chi connectivity index (χ1n) is 6.05. The summed E-state index contributed by atoms with van der Waals surface area (Å²) in [5.74, 6) is 0. The van der Waals surface area contributed by atoms with Gasteiger partial charge >= 0.3 is 0 Å². The first kappa shape index (κ1) is 11.1. The van der Waals surface area contributed by atoms with E-state index in [0.29, 0.717) is 6.17 Å². The minimum atomic E-state index is 0.486. The van der Waals surface area contributed by atoms with Gasteiger partial charge in [0, 0.05) is 25.5 Å². The van der Waals surface area contributed by atoms with E-state index in [9.17, 15) is 0 Å². The van der Waals surface area contributed by atoms with Gasteiger partial charge in [0.15, 0.2) is 0 Å². The maximum Gasteiger partial charge on any atom is 0.0981 e. The molecule has 1 aliphatic rings. The molecule has 1 aromatic rings. The van der Waals surface area contributed by atoms with Crippen molar-refractivity contribution < 1.29 is 0 Å². The second-order valence-corrected chi connectivity index (χ2v) is 4.33. The summed E-state index contributed by atoms with van der Waals surface area (Å²) >= 11 is 0. The van der Waals surface area contributed by atoms with Gasteiger partial charge in [0.25, 0.3) is 0 Å². The SMILES string of the molecule is CCCN1C=CN(Cc2ccccc2)C1C. The van der Waals surface area contributed by atoms with Crippen molar-refractivity contribution in [1.82, 2.24) is 9.80 Å². The van der Waals surface area contributed by atoms with Gasteiger partial charge < -0.3 is 9.80 Å². The van der Waals surface area contributed by atoms with E-state index >= 15 is 0 Å². The molecule has 0 radical (unpaired) electrons. The molecule has 0 spiro atoms. The predicted molar refractivity (Wildman–Crippen MR) is 67.6 cm³/mol. The van der Waals surface area contributed by atoms with Crippen molar-refractivity contribution in [1.29, 1.82) is 0 Å². The highest BCUT2D eigenvalue weighted by atomic mass is 15.4. The fourth-order valence-electron chi connectivity index (χ4n) is 2.11. The van der Waals surface area contributed by atoms with Gasteiger partial charge in [-0.15, -0.1) is 0 Å². The molecule has 0 aromatic heterocycles. The largest absolute Gasteiger partial charge is 0.356 e. The third-order valence-corrected chi connectivity index (χ3v) is 3.10. The molecular formula is C14H20N2. The molecule has 1 atom stereocenters. The molecule has 0 saturated heterocycles. The highest BCUT2D eigenvalue weighted by molar-refractivity contribution is 5.15. The summed E-state index contributed by atoms with van der Waals surface area (Å²) in [6.07, 6.45) is 6.10. The number of rotatable bonds is 4. The van der Waals surface area contributed by atoms with Crippen LogP contribution in [-0.4, -0.2) is 22.5 Å². The first-order valence-corrected chi connectivity index (χ1v) is 6.05. The molecule has 0 amide bonds. The molecule has 1 heterocycles. The molecule has 0 aliphatic carbocycles. The molecule has 0 bridgehead atoms. The Bertz CT molecular complexity index is 345. The standard InChI is InChI=1S/C14H20N2/c1-3-9-15-10-11-16(13(15)2)12-14-7-5-4-6-8-14/h4-8,10-11,13H,3,9,12H2,1-2H3. The lowest BCUT2D eigenvalue weighted by Crippen LogP contribution is -2.35. The third kappa shape index (κ3) is 2.38. The Hall–Kier alpha value is -1.44. The molecular weight excluding hydrogens is 196 g/mol. The lowest BCUT2D eigenvalue weighted by atomic mass is 10.2. The Kier molecular flexibility index (Phi) is 3.50. The average Bonchev–Trinajstić information content (AvgIpc) is 2.64. The number of benzene rings is 1. The van der Waals surface area contributed by atoms with Crippen molar-refractivity contribution in [3.05, 3.63) is 48.3 Å². The highest BCUT2D eigenvalue weighted by Gasteiger charge is 2.20. The van der Waals surface area contributed by atoms with Gasteiger partial charge in [0.1, 0.15) is 0 Å². The number of nitrogens with zero attached hydrogens (tertiary/aromatic N) is 2. The predicted octanol–water partition coefficient (Wildman–Crippen LogP) is 3.03. The summed E-state index contributed by atoms with van der Waals surface area (Å²) in [5.41, 5.74) is 1.37. The highest BCUT2D eigenvalue weighted by Crippen LogP contribution is 2.18. The maximum atomic E-state index is 2.39. The second-order valence-electron chi connectivity index (χ2n) is 4.33. The van der Waals surface area contributed by atoms with Gasteiger partial charge in [0.05, 0.1) is 6.17 Å². The van der Waals surface area contributed by atoms with Crippen molar-refractivity contribution in [2.45, 2.75) is 33.0 Å². The Labute approximate surface area is 98.2 Å². The zero-order valence-electron chi connectivity index (χ0n) is 10.1. The van der Waals surface area contributed by atoms with Crippen LogP contribution in [0, 0.1) is 0 Å². The summed E-state index contributed by atoms with van der Waals surface area (Å²) in [5, 5.41) is 0. The quantitative estimate of drug-likeness (QED) is 0.763. The van der Waals surface area contributed by atoms with Crippen LogP contribution in [0.25, 0.3) is 0 Å². The Morgan fingerprint density at radius 2 is 1.75 bits per heavy atom. The molecule has 2 heteroatoms. The molecule has 1 aromatic carbocycles. The molecule has 86 valence electrons. The van der Waals surface area contributed by atoms with Crippen LogP contribution in [0.1, 0.15) is 25.8 Å². The van der Waals surface area contributed by atoms with Gasteiger partial charge in [0.2, 0.25) is 0 Å². The summed E-state index contributed by atoms with van der Waals surface area (Å²) < 4.78 is 0. The maximum absolute atomic E-state index is 2.39. The topological polar surface area (TPSA) is 6.48 Å². The Morgan fingerprint density at radius 3 is 2.44 bits per heavy atom. The number of hydrogen-bond acceptors (Lipinski definition) is 2. The van der Waals surface area contributed by atoms with Crippen molar-refractivity contribution >= 4 is 0 Å². The van der Waals surface area contributed by atoms with Crippen LogP contribution in [0.15, 0.2) is 42.7 Å². The molecule has 1 unspecified atom stereocenters. The fraction of sp³-hybridized carbons (Fsp3) is 0.429. The van der Waals surface area contributed by atoms with E-state index in [2.05, 4.69) is 66.4 Å². The lowest BCUT2D eigenvalue weighted by molar-refractivity contribution is 0.164. The van der Waals surface area contributed by atoms with Crippen LogP contribution in [0.3, 0.4) is 0 Å². The molecule has 1 aliphatic heterocycles. The second kappa shape index (κ2) is 5.06. The van der Waals surface area contributed by atoms with Crippen molar-refractivity contribution in [3.63, 3.8) is 0 Å². The zero-order chi connectivity index (χ0) is 11.4. The lowest BCUT2D eigenvalue weighted by Gasteiger charge is -2.29. The van der Waals surface area contributed by atoms with Gasteiger partial charge in [-0.25, -0.2) is 0 Å². The van der Waals surface area contributed by atoms with Crippen LogP contribution in [0.5, 0.6) is 0 Å². The zero-order valence-corrected chi connectivity index (χ0v) is 10.1. The number of hydrogen-bond donors (Lipinski definition) is 0. The van der Waals surface area contributed by atoms with E-state index in [1.54, 1.807) is 0 Å². The van der Waals surface area contributed by atoms with Crippen LogP contribution >= 0.6 is 0 Å². The fourth-order valence-corrected chi connectivity index (χ4v) is 2.11. The summed E-state index contributed by atoms with van der Waals surface area (Å²) in [4.78, 5) is 4.77. The molecule has 0 saturated carbocycles. The van der Waals surface area contributed by atoms with E-state index in [1.165, 1.54) is 12.0 Å². The summed E-state index contributed by atoms with van der Waals surface area (Å²) in [7, 11) is 0. The van der Waals surface area contributed by atoms with Gasteiger partial charge in [-0.3, -0.25) is 0 Å². The molecule has 2 rings (SSSR count). The van der Waals surface area contributed by atoms with E-state index < -0.39 is 0 Å². The Balaban J connectivity index is 1.95. The average molecular weight is 216 g/mol. The van der Waals surface area contributed by atoms with Crippen molar-refractivity contribution in [3.8, 4) is 0 Å². The van der Waals surface area contributed by atoms with Crippen LogP contribution < -0.4 is 0 Å². The van der Waals surface area contributed by atoms with Crippen LogP contribution in [0.2, 0.25) is 0 Å². The van der Waals surface area contributed by atoms with Gasteiger partial charge in [-0.2, -0.15) is 0 Å². The van der Waals surface area contributed by atoms with Crippen LogP contribution in [-0.2, 0) is 6.54 Å². The minimum Gasteiger partial charge on any atom is -0.356 e. The van der Waals surface area contributed by atoms with Crippen molar-refractivity contribution in [2.75, 3.05) is 6.54 Å². The van der Waals surface area contributed by atoms with Crippen molar-refractivity contribution in [2.24, 2.45) is 0 Å². The van der Waals surface area contributed by atoms with E-state index in [1.807, 2.05) is 0 Å². The monoisotopic (exact) mass is 216 g/mol. The van der Waals surface area contributed by atoms with E-state index in [4.69, 9.17) is 0 Å². The first-order chi connectivity index (χ1) is 7.81. The molecule has 2 nitrogen and oxygen atoms in total. The smallest absolute Gasteiger partial charge is 0.0981 e. The normalized spacial score (nSPS) is 19.5. The van der Waals surface area contributed by atoms with Gasteiger partial charge in [-0.05, 0) is 18.9 Å². The van der Waals surface area contributed by atoms with E-state index in [0.717, 1.165) is 13.1 Å². The summed E-state index contributed by atoms with van der Waals surface area (Å²) in [6.45, 7) is 6.63. The van der Waals surface area contributed by atoms with Gasteiger partial charge in [-0.1, -0.05) is 37.3 Å². The van der Waals surface area contributed by atoms with Crippen LogP contribution in [0.4, 0.5) is 0 Å². The molecule has 16 heavy (non-hydrogen) atoms. The molecule has 0 fully saturated rings. The van der Waals surface area contributed by atoms with E-state index in [-0.39, 0.29) is 0 Å². The third-order valence-electron chi connectivity index (χ3n) is 3.10. The molecule has 0 N–H and O–H groups in total. The minimum absolute atomic E-state index is 0.486. The summed E-state index contributed by atoms with van der Waals surface area (Å²) in [6, 6.07) is 10.6.